The number of carbonyl (C=O) groups excluding carboxylic acids is 2. The van der Waals surface area contributed by atoms with Crippen molar-refractivity contribution >= 4 is 46.5 Å². The molecule has 1 saturated heterocycles. The van der Waals surface area contributed by atoms with Crippen molar-refractivity contribution in [3.63, 3.8) is 0 Å². The van der Waals surface area contributed by atoms with Crippen molar-refractivity contribution in [3.05, 3.63) is 87.5 Å². The predicted molar refractivity (Wildman–Crippen MR) is 128 cm³/mol. The number of halogens is 2. The van der Waals surface area contributed by atoms with E-state index in [0.29, 0.717) is 53.0 Å². The van der Waals surface area contributed by atoms with E-state index in [-0.39, 0.29) is 11.8 Å². The van der Waals surface area contributed by atoms with Gasteiger partial charge in [-0.15, -0.1) is 0 Å². The molecule has 2 amide bonds. The Bertz CT molecular complexity index is 1140. The van der Waals surface area contributed by atoms with Crippen molar-refractivity contribution < 1.29 is 9.59 Å². The summed E-state index contributed by atoms with van der Waals surface area (Å²) in [5.41, 5.74) is 2.64. The molecule has 0 unspecified atom stereocenters. The first-order valence-electron chi connectivity index (χ1n) is 10.2. The van der Waals surface area contributed by atoms with Crippen LogP contribution in [-0.4, -0.2) is 47.9 Å². The summed E-state index contributed by atoms with van der Waals surface area (Å²) in [6.45, 7) is 4.33. The third-order valence-corrected chi connectivity index (χ3v) is 6.00. The predicted octanol–water partition coefficient (Wildman–Crippen LogP) is 4.91. The average molecular weight is 469 g/mol. The highest BCUT2D eigenvalue weighted by Gasteiger charge is 2.24. The van der Waals surface area contributed by atoms with Gasteiger partial charge in [0, 0.05) is 36.8 Å². The fraction of sp³-hybridized carbons (Fsp3) is 0.208. The molecule has 3 aromatic rings. The van der Waals surface area contributed by atoms with Gasteiger partial charge in [0.25, 0.3) is 11.8 Å². The molecule has 1 fully saturated rings. The van der Waals surface area contributed by atoms with Crippen LogP contribution in [0.2, 0.25) is 10.0 Å². The zero-order chi connectivity index (χ0) is 22.7. The molecule has 6 nitrogen and oxygen atoms in total. The Morgan fingerprint density at radius 1 is 0.938 bits per heavy atom. The summed E-state index contributed by atoms with van der Waals surface area (Å²) in [7, 11) is 0. The molecule has 2 heterocycles. The van der Waals surface area contributed by atoms with Crippen molar-refractivity contribution in [2.45, 2.75) is 6.92 Å². The maximum atomic E-state index is 12.8. The van der Waals surface area contributed by atoms with E-state index in [1.807, 2.05) is 37.3 Å². The van der Waals surface area contributed by atoms with E-state index in [4.69, 9.17) is 23.2 Å². The average Bonchev–Trinajstić information content (AvgIpc) is 2.79. The highest BCUT2D eigenvalue weighted by atomic mass is 35.5. The highest BCUT2D eigenvalue weighted by Crippen LogP contribution is 2.24. The Hall–Kier alpha value is -3.09. The maximum Gasteiger partial charge on any atom is 0.255 e. The molecule has 4 rings (SSSR count). The van der Waals surface area contributed by atoms with Crippen molar-refractivity contribution in [1.29, 1.82) is 0 Å². The van der Waals surface area contributed by atoms with Gasteiger partial charge in [0.15, 0.2) is 0 Å². The molecule has 32 heavy (non-hydrogen) atoms. The Balaban J connectivity index is 1.35. The third-order valence-electron chi connectivity index (χ3n) is 5.45. The number of piperazine rings is 1. The number of pyridine rings is 1. The lowest BCUT2D eigenvalue weighted by Crippen LogP contribution is -2.49. The molecule has 0 aliphatic carbocycles. The number of aromatic nitrogens is 1. The molecule has 8 heteroatoms. The number of anilines is 2. The molecule has 164 valence electrons. The Morgan fingerprint density at radius 3 is 2.34 bits per heavy atom. The second-order valence-electron chi connectivity index (χ2n) is 7.58. The monoisotopic (exact) mass is 468 g/mol. The van der Waals surface area contributed by atoms with Gasteiger partial charge in [-0.3, -0.25) is 9.59 Å². The number of nitrogens with zero attached hydrogens (tertiary/aromatic N) is 3. The van der Waals surface area contributed by atoms with Gasteiger partial charge >= 0.3 is 0 Å². The number of carbonyl (C=O) groups is 2. The lowest BCUT2D eigenvalue weighted by atomic mass is 10.1. The van der Waals surface area contributed by atoms with Crippen LogP contribution in [-0.2, 0) is 0 Å². The summed E-state index contributed by atoms with van der Waals surface area (Å²) < 4.78 is 0. The van der Waals surface area contributed by atoms with Crippen molar-refractivity contribution in [2.75, 3.05) is 36.4 Å². The van der Waals surface area contributed by atoms with Gasteiger partial charge in [-0.05, 0) is 48.9 Å². The minimum Gasteiger partial charge on any atom is -0.353 e. The molecule has 0 bridgehead atoms. The van der Waals surface area contributed by atoms with Crippen molar-refractivity contribution in [1.82, 2.24) is 9.88 Å². The molecule has 0 atom stereocenters. The molecule has 0 saturated carbocycles. The molecule has 0 radical (unpaired) electrons. The summed E-state index contributed by atoms with van der Waals surface area (Å²) in [6, 6.07) is 16.1. The Kier molecular flexibility index (Phi) is 6.63. The zero-order valence-electron chi connectivity index (χ0n) is 17.5. The number of hydrogen-bond acceptors (Lipinski definition) is 4. The van der Waals surface area contributed by atoms with E-state index < -0.39 is 0 Å². The van der Waals surface area contributed by atoms with Gasteiger partial charge < -0.3 is 15.1 Å². The smallest absolute Gasteiger partial charge is 0.255 e. The largest absolute Gasteiger partial charge is 0.353 e. The van der Waals surface area contributed by atoms with Crippen LogP contribution in [0.3, 0.4) is 0 Å². The van der Waals surface area contributed by atoms with Gasteiger partial charge in [-0.25, -0.2) is 4.98 Å². The lowest BCUT2D eigenvalue weighted by molar-refractivity contribution is 0.0746. The Labute approximate surface area is 196 Å². The van der Waals surface area contributed by atoms with Gasteiger partial charge in [0.05, 0.1) is 22.5 Å². The second-order valence-corrected chi connectivity index (χ2v) is 8.42. The van der Waals surface area contributed by atoms with Crippen molar-refractivity contribution in [3.8, 4) is 0 Å². The molecule has 1 aliphatic heterocycles. The van der Waals surface area contributed by atoms with Crippen LogP contribution < -0.4 is 10.2 Å². The summed E-state index contributed by atoms with van der Waals surface area (Å²) in [6.07, 6.45) is 1.65. The molecular formula is C24H22Cl2N4O2. The van der Waals surface area contributed by atoms with Gasteiger partial charge in [0.1, 0.15) is 5.82 Å². The quantitative estimate of drug-likeness (QED) is 0.590. The van der Waals surface area contributed by atoms with Crippen LogP contribution in [0.25, 0.3) is 0 Å². The van der Waals surface area contributed by atoms with E-state index in [1.165, 1.54) is 0 Å². The number of rotatable bonds is 4. The molecule has 1 N–H and O–H groups in total. The first-order valence-corrected chi connectivity index (χ1v) is 11.0. The third kappa shape index (κ3) is 4.87. The van der Waals surface area contributed by atoms with Crippen LogP contribution in [0, 0.1) is 6.92 Å². The molecule has 1 aliphatic rings. The number of amides is 2. The summed E-state index contributed by atoms with van der Waals surface area (Å²) in [4.78, 5) is 33.7. The highest BCUT2D eigenvalue weighted by molar-refractivity contribution is 6.36. The van der Waals surface area contributed by atoms with Crippen LogP contribution in [0.15, 0.2) is 60.8 Å². The number of nitrogens with one attached hydrogen (secondary N) is 1. The topological polar surface area (TPSA) is 65.5 Å². The fourth-order valence-electron chi connectivity index (χ4n) is 3.65. The van der Waals surface area contributed by atoms with Gasteiger partial charge in [-0.1, -0.05) is 41.4 Å². The number of aryl methyl sites for hydroxylation is 1. The fourth-order valence-corrected chi connectivity index (χ4v) is 4.13. The number of benzene rings is 2. The zero-order valence-corrected chi connectivity index (χ0v) is 19.0. The number of hydrogen-bond donors (Lipinski definition) is 1. The summed E-state index contributed by atoms with van der Waals surface area (Å²) in [5, 5.41) is 3.74. The molecular weight excluding hydrogens is 447 g/mol. The summed E-state index contributed by atoms with van der Waals surface area (Å²) >= 11 is 12.1. The standard InChI is InChI=1S/C24H22Cl2N4O2/c1-16-4-2-3-5-19(16)23(31)28-18-7-9-22(27-15-18)29-10-12-30(13-11-29)24(32)20-8-6-17(25)14-21(20)26/h2-9,14-15H,10-13H2,1H3,(H,28,31). The van der Waals surface area contributed by atoms with Crippen LogP contribution >= 0.6 is 23.2 Å². The molecule has 1 aromatic heterocycles. The molecule has 0 spiro atoms. The molecule has 2 aromatic carbocycles. The van der Waals surface area contributed by atoms with E-state index in [1.54, 1.807) is 35.4 Å². The second kappa shape index (κ2) is 9.59. The van der Waals surface area contributed by atoms with Crippen LogP contribution in [0.5, 0.6) is 0 Å². The lowest BCUT2D eigenvalue weighted by Gasteiger charge is -2.35. The normalized spacial score (nSPS) is 13.7. The van der Waals surface area contributed by atoms with E-state index >= 15 is 0 Å². The first kappa shape index (κ1) is 22.1. The van der Waals surface area contributed by atoms with Gasteiger partial charge in [-0.2, -0.15) is 0 Å². The van der Waals surface area contributed by atoms with Crippen LogP contribution in [0.1, 0.15) is 26.3 Å². The Morgan fingerprint density at radius 2 is 1.69 bits per heavy atom. The van der Waals surface area contributed by atoms with Crippen LogP contribution in [0.4, 0.5) is 11.5 Å². The van der Waals surface area contributed by atoms with E-state index in [9.17, 15) is 9.59 Å². The first-order chi connectivity index (χ1) is 15.4. The maximum absolute atomic E-state index is 12.8. The van der Waals surface area contributed by atoms with Gasteiger partial charge in [0.2, 0.25) is 0 Å². The minimum atomic E-state index is -0.161. The van der Waals surface area contributed by atoms with Crippen molar-refractivity contribution in [2.24, 2.45) is 0 Å². The van der Waals surface area contributed by atoms with E-state index in [0.717, 1.165) is 11.4 Å². The minimum absolute atomic E-state index is 0.103. The SMILES string of the molecule is Cc1ccccc1C(=O)Nc1ccc(N2CCN(C(=O)c3ccc(Cl)cc3Cl)CC2)nc1. The summed E-state index contributed by atoms with van der Waals surface area (Å²) in [5.74, 6) is 0.537. The van der Waals surface area contributed by atoms with E-state index in [2.05, 4.69) is 15.2 Å².